The molecule has 0 aliphatic rings. The Bertz CT molecular complexity index is 141. The minimum atomic E-state index is -0.359. The normalized spacial score (nSPS) is 12.9. The topological polar surface area (TPSA) is 20.2 Å². The Hall–Kier alpha value is -0.520. The largest absolute Gasteiger partial charge is 0.388 e. The van der Waals surface area contributed by atoms with Crippen molar-refractivity contribution in [2.75, 3.05) is 0 Å². The fraction of sp³-hybridized carbons (Fsp3) is 0.667. The first-order valence-electron chi connectivity index (χ1n) is 3.70. The molecule has 0 fully saturated rings. The Kier molecular flexibility index (Phi) is 4.10. The van der Waals surface area contributed by atoms with Gasteiger partial charge in [0.2, 0.25) is 0 Å². The lowest BCUT2D eigenvalue weighted by Crippen LogP contribution is -2.16. The average Bonchev–Trinajstić information content (AvgIpc) is 1.90. The highest BCUT2D eigenvalue weighted by molar-refractivity contribution is 5.05. The summed E-state index contributed by atoms with van der Waals surface area (Å²) in [5.74, 6) is 0.268. The third kappa shape index (κ3) is 2.38. The van der Waals surface area contributed by atoms with Gasteiger partial charge < -0.3 is 5.11 Å². The van der Waals surface area contributed by atoms with E-state index in [1.54, 1.807) is 0 Å². The van der Waals surface area contributed by atoms with Gasteiger partial charge in [-0.05, 0) is 17.9 Å². The van der Waals surface area contributed by atoms with Gasteiger partial charge in [0.15, 0.2) is 0 Å². The van der Waals surface area contributed by atoms with E-state index < -0.39 is 0 Å². The molecule has 0 radical (unpaired) electrons. The van der Waals surface area contributed by atoms with Crippen LogP contribution in [0.2, 0.25) is 0 Å². The van der Waals surface area contributed by atoms with Gasteiger partial charge in [0, 0.05) is 0 Å². The molecule has 10 heavy (non-hydrogen) atoms. The summed E-state index contributed by atoms with van der Waals surface area (Å²) in [7, 11) is 0. The van der Waals surface area contributed by atoms with Gasteiger partial charge in [0.05, 0.1) is 6.10 Å². The van der Waals surface area contributed by atoms with Crippen LogP contribution in [0.25, 0.3) is 0 Å². The van der Waals surface area contributed by atoms with Gasteiger partial charge in [-0.15, -0.1) is 5.73 Å². The van der Waals surface area contributed by atoms with Gasteiger partial charge in [-0.1, -0.05) is 27.4 Å². The summed E-state index contributed by atoms with van der Waals surface area (Å²) in [6.07, 6.45) is 0.477. The Labute approximate surface area is 63.1 Å². The van der Waals surface area contributed by atoms with Crippen molar-refractivity contribution < 1.29 is 5.11 Å². The lowest BCUT2D eigenvalue weighted by atomic mass is 9.98. The highest BCUT2D eigenvalue weighted by Crippen LogP contribution is 2.13. The van der Waals surface area contributed by atoms with Gasteiger partial charge in [-0.25, -0.2) is 0 Å². The third-order valence-electron chi connectivity index (χ3n) is 1.60. The molecule has 58 valence electrons. The Morgan fingerprint density at radius 3 is 2.20 bits per heavy atom. The van der Waals surface area contributed by atoms with Crippen LogP contribution in [0.15, 0.2) is 17.9 Å². The number of hydrogen-bond acceptors (Lipinski definition) is 1. The Morgan fingerprint density at radius 2 is 2.10 bits per heavy atom. The summed E-state index contributed by atoms with van der Waals surface area (Å²) in [6, 6.07) is 0. The predicted octanol–water partition coefficient (Wildman–Crippen LogP) is 2.12. The van der Waals surface area contributed by atoms with E-state index in [0.717, 1.165) is 12.0 Å². The van der Waals surface area contributed by atoms with Crippen LogP contribution in [0, 0.1) is 5.92 Å². The maximum Gasteiger partial charge on any atom is 0.0846 e. The minimum Gasteiger partial charge on any atom is -0.388 e. The van der Waals surface area contributed by atoms with E-state index in [2.05, 4.69) is 12.3 Å². The van der Waals surface area contributed by atoms with Crippen molar-refractivity contribution in [2.45, 2.75) is 33.3 Å². The highest BCUT2D eigenvalue weighted by Gasteiger charge is 2.11. The summed E-state index contributed by atoms with van der Waals surface area (Å²) in [4.78, 5) is 0. The van der Waals surface area contributed by atoms with Crippen molar-refractivity contribution in [1.29, 1.82) is 0 Å². The van der Waals surface area contributed by atoms with Crippen LogP contribution < -0.4 is 0 Å². The summed E-state index contributed by atoms with van der Waals surface area (Å²) >= 11 is 0. The smallest absolute Gasteiger partial charge is 0.0846 e. The van der Waals surface area contributed by atoms with E-state index >= 15 is 0 Å². The van der Waals surface area contributed by atoms with E-state index in [4.69, 9.17) is 0 Å². The molecular formula is C9H16O. The molecule has 0 aliphatic carbocycles. The fourth-order valence-corrected chi connectivity index (χ4v) is 0.841. The number of aliphatic hydroxyl groups is 1. The van der Waals surface area contributed by atoms with Crippen molar-refractivity contribution in [3.05, 3.63) is 17.9 Å². The zero-order valence-electron chi connectivity index (χ0n) is 7.02. The number of hydrogen-bond donors (Lipinski definition) is 1. The molecule has 1 unspecified atom stereocenters. The third-order valence-corrected chi connectivity index (χ3v) is 1.60. The second kappa shape index (κ2) is 4.32. The lowest BCUT2D eigenvalue weighted by molar-refractivity contribution is 0.157. The molecule has 0 heterocycles. The highest BCUT2D eigenvalue weighted by atomic mass is 16.3. The van der Waals surface area contributed by atoms with E-state index in [9.17, 15) is 5.11 Å². The van der Waals surface area contributed by atoms with Gasteiger partial charge >= 0.3 is 0 Å². The standard InChI is InChI=1S/C9H16O/c1-5-8(6-2)9(10)7(3)4/h7,9-10H,1,6H2,2-4H3. The van der Waals surface area contributed by atoms with Crippen LogP contribution in [0.4, 0.5) is 0 Å². The molecule has 0 saturated carbocycles. The first-order chi connectivity index (χ1) is 4.63. The van der Waals surface area contributed by atoms with Crippen molar-refractivity contribution in [3.63, 3.8) is 0 Å². The molecule has 1 heteroatoms. The summed E-state index contributed by atoms with van der Waals surface area (Å²) < 4.78 is 0. The lowest BCUT2D eigenvalue weighted by Gasteiger charge is -2.14. The van der Waals surface area contributed by atoms with E-state index in [1.165, 1.54) is 0 Å². The molecular weight excluding hydrogens is 124 g/mol. The first kappa shape index (κ1) is 9.48. The van der Waals surface area contributed by atoms with Crippen LogP contribution in [0.5, 0.6) is 0 Å². The van der Waals surface area contributed by atoms with E-state index in [1.807, 2.05) is 20.8 Å². The zero-order chi connectivity index (χ0) is 8.15. The molecule has 0 amide bonds. The maximum atomic E-state index is 9.45. The molecule has 1 nitrogen and oxygen atoms in total. The molecule has 0 aromatic heterocycles. The summed E-state index contributed by atoms with van der Waals surface area (Å²) in [5, 5.41) is 9.45. The zero-order valence-corrected chi connectivity index (χ0v) is 7.02. The van der Waals surface area contributed by atoms with Crippen LogP contribution >= 0.6 is 0 Å². The van der Waals surface area contributed by atoms with Gasteiger partial charge in [-0.2, -0.15) is 0 Å². The molecule has 0 aliphatic heterocycles. The molecule has 0 saturated heterocycles. The van der Waals surface area contributed by atoms with Gasteiger partial charge in [-0.3, -0.25) is 0 Å². The maximum absolute atomic E-state index is 9.45. The number of rotatable bonds is 3. The van der Waals surface area contributed by atoms with Crippen LogP contribution in [0.3, 0.4) is 0 Å². The first-order valence-corrected chi connectivity index (χ1v) is 3.70. The molecule has 0 aromatic rings. The van der Waals surface area contributed by atoms with Crippen LogP contribution in [0.1, 0.15) is 27.2 Å². The van der Waals surface area contributed by atoms with Crippen molar-refractivity contribution in [2.24, 2.45) is 5.92 Å². The quantitative estimate of drug-likeness (QED) is 0.595. The predicted molar refractivity (Wildman–Crippen MR) is 43.8 cm³/mol. The molecule has 1 N–H and O–H groups in total. The second-order valence-electron chi connectivity index (χ2n) is 2.74. The second-order valence-corrected chi connectivity index (χ2v) is 2.74. The Balaban J connectivity index is 4.17. The van der Waals surface area contributed by atoms with E-state index in [0.29, 0.717) is 0 Å². The van der Waals surface area contributed by atoms with Crippen molar-refractivity contribution in [1.82, 2.24) is 0 Å². The van der Waals surface area contributed by atoms with Crippen molar-refractivity contribution >= 4 is 0 Å². The summed E-state index contributed by atoms with van der Waals surface area (Å²) in [5.41, 5.74) is 3.66. The molecule has 0 rings (SSSR count). The van der Waals surface area contributed by atoms with E-state index in [-0.39, 0.29) is 12.0 Å². The molecule has 0 spiro atoms. The molecule has 0 aromatic carbocycles. The average molecular weight is 140 g/mol. The van der Waals surface area contributed by atoms with Crippen molar-refractivity contribution in [3.8, 4) is 0 Å². The van der Waals surface area contributed by atoms with Gasteiger partial charge in [0.1, 0.15) is 0 Å². The number of aliphatic hydroxyl groups excluding tert-OH is 1. The SMILES string of the molecule is C=C=C(CC)C(O)C(C)C. The van der Waals surface area contributed by atoms with Crippen LogP contribution in [-0.4, -0.2) is 11.2 Å². The molecule has 1 atom stereocenters. The van der Waals surface area contributed by atoms with Gasteiger partial charge in [0.25, 0.3) is 0 Å². The fourth-order valence-electron chi connectivity index (χ4n) is 0.841. The monoisotopic (exact) mass is 140 g/mol. The molecule has 0 bridgehead atoms. The van der Waals surface area contributed by atoms with Crippen LogP contribution in [-0.2, 0) is 0 Å². The minimum absolute atomic E-state index is 0.268. The Morgan fingerprint density at radius 1 is 1.60 bits per heavy atom. The summed E-state index contributed by atoms with van der Waals surface area (Å²) in [6.45, 7) is 9.48.